The number of rotatable bonds is 5. The van der Waals surface area contributed by atoms with E-state index in [1.807, 2.05) is 38.1 Å². The molecule has 1 unspecified atom stereocenters. The van der Waals surface area contributed by atoms with Crippen LogP contribution in [0.15, 0.2) is 45.6 Å². The molecule has 1 amide bonds. The topological polar surface area (TPSA) is 50.5 Å². The summed E-state index contributed by atoms with van der Waals surface area (Å²) in [4.78, 5) is 28.7. The lowest BCUT2D eigenvalue weighted by Crippen LogP contribution is -2.30. The van der Waals surface area contributed by atoms with Crippen LogP contribution in [0.5, 0.6) is 0 Å². The van der Waals surface area contributed by atoms with Gasteiger partial charge in [0.15, 0.2) is 5.43 Å². The molecule has 29 heavy (non-hydrogen) atoms. The van der Waals surface area contributed by atoms with Crippen molar-refractivity contribution < 1.29 is 9.21 Å². The summed E-state index contributed by atoms with van der Waals surface area (Å²) in [6.45, 7) is 8.71. The van der Waals surface area contributed by atoms with E-state index in [0.29, 0.717) is 23.1 Å². The van der Waals surface area contributed by atoms with Crippen LogP contribution in [0.3, 0.4) is 0 Å². The first-order chi connectivity index (χ1) is 14.0. The SMILES string of the molecule is CCCCN1C(=O)c2oc3cc(C)cc(C)c3c(=O)c2C1c1ccc(CC)cc1. The molecule has 2 aromatic carbocycles. The van der Waals surface area contributed by atoms with Crippen LogP contribution in [0.25, 0.3) is 11.0 Å². The van der Waals surface area contributed by atoms with Crippen LogP contribution >= 0.6 is 0 Å². The Balaban J connectivity index is 1.97. The fourth-order valence-electron chi connectivity index (χ4n) is 4.35. The summed E-state index contributed by atoms with van der Waals surface area (Å²) in [5.74, 6) is 0.0179. The molecule has 1 aromatic heterocycles. The van der Waals surface area contributed by atoms with Crippen LogP contribution in [-0.2, 0) is 6.42 Å². The maximum atomic E-state index is 13.6. The van der Waals surface area contributed by atoms with Gasteiger partial charge in [0.2, 0.25) is 5.76 Å². The number of amides is 1. The molecular formula is C25H27NO3. The van der Waals surface area contributed by atoms with Crippen LogP contribution in [0.1, 0.15) is 71.1 Å². The van der Waals surface area contributed by atoms with Gasteiger partial charge in [-0.15, -0.1) is 0 Å². The lowest BCUT2D eigenvalue weighted by atomic mass is 9.96. The van der Waals surface area contributed by atoms with Crippen molar-refractivity contribution in [3.63, 3.8) is 0 Å². The summed E-state index contributed by atoms with van der Waals surface area (Å²) in [6.07, 6.45) is 2.81. The van der Waals surface area contributed by atoms with Gasteiger partial charge in [-0.25, -0.2) is 0 Å². The zero-order valence-electron chi connectivity index (χ0n) is 17.5. The predicted octanol–water partition coefficient (Wildman–Crippen LogP) is 5.32. The molecule has 1 aliphatic heterocycles. The maximum Gasteiger partial charge on any atom is 0.290 e. The summed E-state index contributed by atoms with van der Waals surface area (Å²) in [6, 6.07) is 11.7. The first-order valence-electron chi connectivity index (χ1n) is 10.4. The quantitative estimate of drug-likeness (QED) is 0.594. The van der Waals surface area contributed by atoms with Gasteiger partial charge in [-0.3, -0.25) is 9.59 Å². The Kier molecular flexibility index (Phi) is 5.03. The number of fused-ring (bicyclic) bond motifs is 2. The van der Waals surface area contributed by atoms with E-state index in [0.717, 1.165) is 36.0 Å². The molecule has 0 fully saturated rings. The van der Waals surface area contributed by atoms with Gasteiger partial charge >= 0.3 is 0 Å². The molecular weight excluding hydrogens is 362 g/mol. The monoisotopic (exact) mass is 389 g/mol. The molecule has 2 heterocycles. The minimum absolute atomic E-state index is 0.0873. The van der Waals surface area contributed by atoms with Gasteiger partial charge in [0, 0.05) is 6.54 Å². The van der Waals surface area contributed by atoms with E-state index in [4.69, 9.17) is 4.42 Å². The molecule has 1 aliphatic rings. The molecule has 0 saturated carbocycles. The van der Waals surface area contributed by atoms with Crippen molar-refractivity contribution in [1.82, 2.24) is 4.90 Å². The number of carbonyl (C=O) groups is 1. The van der Waals surface area contributed by atoms with Gasteiger partial charge in [-0.2, -0.15) is 0 Å². The summed E-state index contributed by atoms with van der Waals surface area (Å²) in [7, 11) is 0. The average molecular weight is 389 g/mol. The van der Waals surface area contributed by atoms with E-state index >= 15 is 0 Å². The molecule has 4 rings (SSSR count). The fraction of sp³-hybridized carbons (Fsp3) is 0.360. The summed E-state index contributed by atoms with van der Waals surface area (Å²) >= 11 is 0. The largest absolute Gasteiger partial charge is 0.450 e. The first kappa shape index (κ1) is 19.4. The van der Waals surface area contributed by atoms with Crippen LogP contribution in [0, 0.1) is 13.8 Å². The van der Waals surface area contributed by atoms with Crippen LogP contribution in [-0.4, -0.2) is 17.4 Å². The third kappa shape index (κ3) is 3.17. The van der Waals surface area contributed by atoms with Gasteiger partial charge in [-0.1, -0.05) is 50.6 Å². The van der Waals surface area contributed by atoms with Crippen LogP contribution in [0.4, 0.5) is 0 Å². The van der Waals surface area contributed by atoms with E-state index in [1.165, 1.54) is 5.56 Å². The molecule has 3 aromatic rings. The summed E-state index contributed by atoms with van der Waals surface area (Å²) in [5.41, 5.74) is 4.98. The van der Waals surface area contributed by atoms with E-state index < -0.39 is 6.04 Å². The van der Waals surface area contributed by atoms with E-state index in [-0.39, 0.29) is 17.1 Å². The van der Waals surface area contributed by atoms with Crippen molar-refractivity contribution in [1.29, 1.82) is 0 Å². The Labute approximate surface area is 171 Å². The number of aryl methyl sites for hydroxylation is 3. The molecule has 150 valence electrons. The second-order valence-corrected chi connectivity index (χ2v) is 7.98. The highest BCUT2D eigenvalue weighted by atomic mass is 16.3. The molecule has 0 radical (unpaired) electrons. The second kappa shape index (κ2) is 7.51. The van der Waals surface area contributed by atoms with Crippen molar-refractivity contribution in [3.8, 4) is 0 Å². The van der Waals surface area contributed by atoms with Crippen molar-refractivity contribution >= 4 is 16.9 Å². The number of hydrogen-bond acceptors (Lipinski definition) is 3. The number of nitrogens with zero attached hydrogens (tertiary/aromatic N) is 1. The highest BCUT2D eigenvalue weighted by molar-refractivity contribution is 5.99. The minimum atomic E-state index is -0.392. The Morgan fingerprint density at radius 1 is 1.03 bits per heavy atom. The number of benzene rings is 2. The normalized spacial score (nSPS) is 15.9. The van der Waals surface area contributed by atoms with Crippen molar-refractivity contribution in [2.24, 2.45) is 0 Å². The Morgan fingerprint density at radius 2 is 1.76 bits per heavy atom. The van der Waals surface area contributed by atoms with Gasteiger partial charge < -0.3 is 9.32 Å². The summed E-state index contributed by atoms with van der Waals surface area (Å²) < 4.78 is 6.07. The Hall–Kier alpha value is -2.88. The Bertz CT molecular complexity index is 1140. The zero-order chi connectivity index (χ0) is 20.7. The highest BCUT2D eigenvalue weighted by Gasteiger charge is 2.42. The van der Waals surface area contributed by atoms with Gasteiger partial charge in [0.1, 0.15) is 5.58 Å². The molecule has 4 nitrogen and oxygen atoms in total. The molecule has 0 spiro atoms. The van der Waals surface area contributed by atoms with E-state index in [9.17, 15) is 9.59 Å². The van der Waals surface area contributed by atoms with E-state index in [2.05, 4.69) is 26.0 Å². The smallest absolute Gasteiger partial charge is 0.290 e. The molecule has 0 aliphatic carbocycles. The number of unbranched alkanes of at least 4 members (excludes halogenated alkanes) is 1. The fourth-order valence-corrected chi connectivity index (χ4v) is 4.35. The molecule has 1 atom stereocenters. The molecule has 0 saturated heterocycles. The van der Waals surface area contributed by atoms with Gasteiger partial charge in [0.05, 0.1) is 17.0 Å². The summed E-state index contributed by atoms with van der Waals surface area (Å²) in [5, 5.41) is 0.578. The first-order valence-corrected chi connectivity index (χ1v) is 10.4. The number of carbonyl (C=O) groups excluding carboxylic acids is 1. The second-order valence-electron chi connectivity index (χ2n) is 7.98. The third-order valence-corrected chi connectivity index (χ3v) is 5.87. The van der Waals surface area contributed by atoms with E-state index in [1.54, 1.807) is 4.90 Å². The number of hydrogen-bond donors (Lipinski definition) is 0. The third-order valence-electron chi connectivity index (χ3n) is 5.87. The highest BCUT2D eigenvalue weighted by Crippen LogP contribution is 2.38. The van der Waals surface area contributed by atoms with Gasteiger partial charge in [0.25, 0.3) is 5.91 Å². The molecule has 0 N–H and O–H groups in total. The van der Waals surface area contributed by atoms with Gasteiger partial charge in [-0.05, 0) is 55.0 Å². The lowest BCUT2D eigenvalue weighted by molar-refractivity contribution is 0.0725. The zero-order valence-corrected chi connectivity index (χ0v) is 17.5. The molecule has 4 heteroatoms. The van der Waals surface area contributed by atoms with Crippen LogP contribution in [0.2, 0.25) is 0 Å². The predicted molar refractivity (Wildman–Crippen MR) is 116 cm³/mol. The Morgan fingerprint density at radius 3 is 2.41 bits per heavy atom. The molecule has 0 bridgehead atoms. The van der Waals surface area contributed by atoms with Crippen LogP contribution < -0.4 is 5.43 Å². The minimum Gasteiger partial charge on any atom is -0.450 e. The van der Waals surface area contributed by atoms with Crippen molar-refractivity contribution in [2.75, 3.05) is 6.54 Å². The van der Waals surface area contributed by atoms with Crippen molar-refractivity contribution in [3.05, 3.63) is 80.2 Å². The average Bonchev–Trinajstić information content (AvgIpc) is 2.98. The lowest BCUT2D eigenvalue weighted by Gasteiger charge is -2.25. The standard InChI is InChI=1S/C25H27NO3/c1-5-7-12-26-22(18-10-8-17(6-2)9-11-18)21-23(27)20-16(4)13-15(3)14-19(20)29-24(21)25(26)28/h8-11,13-14,22H,5-7,12H2,1-4H3. The van der Waals surface area contributed by atoms with Crippen molar-refractivity contribution in [2.45, 2.75) is 53.0 Å². The maximum absolute atomic E-state index is 13.6.